The molecule has 2 aromatic carbocycles. The van der Waals surface area contributed by atoms with Crippen molar-refractivity contribution in [3.05, 3.63) is 58.4 Å². The highest BCUT2D eigenvalue weighted by molar-refractivity contribution is 6.32. The summed E-state index contributed by atoms with van der Waals surface area (Å²) in [6, 6.07) is 7.35. The summed E-state index contributed by atoms with van der Waals surface area (Å²) in [6.45, 7) is 0. The van der Waals surface area contributed by atoms with E-state index < -0.39 is 11.6 Å². The van der Waals surface area contributed by atoms with Crippen LogP contribution in [0.5, 0.6) is 17.2 Å². The van der Waals surface area contributed by atoms with Gasteiger partial charge in [-0.2, -0.15) is 0 Å². The van der Waals surface area contributed by atoms with Gasteiger partial charge in [-0.3, -0.25) is 4.79 Å². The average molecular weight is 351 g/mol. The van der Waals surface area contributed by atoms with Gasteiger partial charge in [-0.15, -0.1) is 0 Å². The van der Waals surface area contributed by atoms with Crippen molar-refractivity contribution >= 4 is 23.5 Å². The quantitative estimate of drug-likeness (QED) is 0.572. The summed E-state index contributed by atoms with van der Waals surface area (Å²) < 4.78 is 29.1. The zero-order valence-electron chi connectivity index (χ0n) is 13.4. The second-order valence-electron chi connectivity index (χ2n) is 4.78. The van der Waals surface area contributed by atoms with Crippen LogP contribution < -0.4 is 14.2 Å². The van der Waals surface area contributed by atoms with Crippen LogP contribution in [0.3, 0.4) is 0 Å². The molecule has 2 aromatic rings. The molecule has 0 N–H and O–H groups in total. The second-order valence-corrected chi connectivity index (χ2v) is 5.19. The van der Waals surface area contributed by atoms with Crippen LogP contribution in [-0.2, 0) is 0 Å². The Morgan fingerprint density at radius 3 is 2.42 bits per heavy atom. The third-order valence-electron chi connectivity index (χ3n) is 3.32. The lowest BCUT2D eigenvalue weighted by Gasteiger charge is -2.10. The lowest BCUT2D eigenvalue weighted by molar-refractivity contribution is 0.104. The summed E-state index contributed by atoms with van der Waals surface area (Å²) in [7, 11) is 4.39. The molecule has 0 aliphatic heterocycles. The molecule has 0 radical (unpaired) electrons. The molecule has 126 valence electrons. The number of rotatable bonds is 6. The number of benzene rings is 2. The Labute approximate surface area is 144 Å². The van der Waals surface area contributed by atoms with Gasteiger partial charge < -0.3 is 14.2 Å². The van der Waals surface area contributed by atoms with Crippen LogP contribution in [0.25, 0.3) is 6.08 Å². The maximum Gasteiger partial charge on any atom is 0.188 e. The van der Waals surface area contributed by atoms with Gasteiger partial charge in [0.05, 0.1) is 31.9 Å². The molecule has 4 nitrogen and oxygen atoms in total. The molecule has 6 heteroatoms. The van der Waals surface area contributed by atoms with E-state index >= 15 is 0 Å². The minimum Gasteiger partial charge on any atom is -0.497 e. The van der Waals surface area contributed by atoms with Crippen molar-refractivity contribution in [1.82, 2.24) is 0 Å². The zero-order chi connectivity index (χ0) is 17.7. The van der Waals surface area contributed by atoms with Crippen molar-refractivity contribution in [2.45, 2.75) is 0 Å². The van der Waals surface area contributed by atoms with Gasteiger partial charge in [-0.05, 0) is 35.9 Å². The van der Waals surface area contributed by atoms with E-state index in [9.17, 15) is 9.18 Å². The number of ketones is 1. The van der Waals surface area contributed by atoms with Gasteiger partial charge in [0.2, 0.25) is 0 Å². The smallest absolute Gasteiger partial charge is 0.188 e. The zero-order valence-corrected chi connectivity index (χ0v) is 14.2. The van der Waals surface area contributed by atoms with Crippen molar-refractivity contribution in [2.24, 2.45) is 0 Å². The molecule has 24 heavy (non-hydrogen) atoms. The molecule has 0 saturated heterocycles. The summed E-state index contributed by atoms with van der Waals surface area (Å²) in [4.78, 5) is 12.1. The maximum atomic E-state index is 13.9. The van der Waals surface area contributed by atoms with Crippen molar-refractivity contribution in [3.63, 3.8) is 0 Å². The lowest BCUT2D eigenvalue weighted by atomic mass is 10.1. The SMILES string of the molecule is COc1ccc(C(=O)C=Cc2cc(Cl)c(OC)c(OC)c2)c(F)c1. The first-order chi connectivity index (χ1) is 11.5. The minimum absolute atomic E-state index is 0.0429. The third kappa shape index (κ3) is 3.86. The van der Waals surface area contributed by atoms with Gasteiger partial charge in [-0.25, -0.2) is 4.39 Å². The van der Waals surface area contributed by atoms with Crippen LogP contribution in [0.1, 0.15) is 15.9 Å². The molecule has 0 aromatic heterocycles. The Balaban J connectivity index is 2.27. The third-order valence-corrected chi connectivity index (χ3v) is 3.61. The Kier molecular flexibility index (Phi) is 5.82. The summed E-state index contributed by atoms with van der Waals surface area (Å²) >= 11 is 6.11. The number of carbonyl (C=O) groups excluding carboxylic acids is 1. The van der Waals surface area contributed by atoms with Crippen molar-refractivity contribution in [2.75, 3.05) is 21.3 Å². The predicted octanol–water partition coefficient (Wildman–Crippen LogP) is 4.40. The lowest BCUT2D eigenvalue weighted by Crippen LogP contribution is -1.99. The van der Waals surface area contributed by atoms with E-state index in [0.29, 0.717) is 27.8 Å². The van der Waals surface area contributed by atoms with Crippen LogP contribution in [-0.4, -0.2) is 27.1 Å². The van der Waals surface area contributed by atoms with E-state index in [-0.39, 0.29) is 5.56 Å². The van der Waals surface area contributed by atoms with Crippen LogP contribution in [0.15, 0.2) is 36.4 Å². The number of halogens is 2. The molecule has 0 aliphatic carbocycles. The average Bonchev–Trinajstić information content (AvgIpc) is 2.58. The molecule has 0 spiro atoms. The Bertz CT molecular complexity index is 787. The van der Waals surface area contributed by atoms with E-state index in [4.69, 9.17) is 25.8 Å². The molecule has 2 rings (SSSR count). The fraction of sp³-hybridized carbons (Fsp3) is 0.167. The molecular weight excluding hydrogens is 335 g/mol. The molecule has 0 heterocycles. The highest BCUT2D eigenvalue weighted by Gasteiger charge is 2.12. The highest BCUT2D eigenvalue weighted by Crippen LogP contribution is 2.36. The number of allylic oxidation sites excluding steroid dienone is 1. The van der Waals surface area contributed by atoms with Crippen LogP contribution in [0.4, 0.5) is 4.39 Å². The van der Waals surface area contributed by atoms with E-state index in [2.05, 4.69) is 0 Å². The molecule has 0 atom stereocenters. The standard InChI is InChI=1S/C18H16ClFO4/c1-22-12-5-6-13(15(20)10-12)16(21)7-4-11-8-14(19)18(24-3)17(9-11)23-2/h4-10H,1-3H3. The fourth-order valence-electron chi connectivity index (χ4n) is 2.12. The van der Waals surface area contributed by atoms with E-state index in [1.807, 2.05) is 0 Å². The summed E-state index contributed by atoms with van der Waals surface area (Å²) in [5.41, 5.74) is 0.582. The summed E-state index contributed by atoms with van der Waals surface area (Å²) in [6.07, 6.45) is 2.79. The molecule has 0 saturated carbocycles. The molecule has 0 unspecified atom stereocenters. The summed E-state index contributed by atoms with van der Waals surface area (Å²) in [5.74, 6) is 0.0756. The second kappa shape index (κ2) is 7.84. The number of ether oxygens (including phenoxy) is 3. The topological polar surface area (TPSA) is 44.8 Å². The van der Waals surface area contributed by atoms with E-state index in [1.165, 1.54) is 45.6 Å². The first-order valence-electron chi connectivity index (χ1n) is 6.97. The van der Waals surface area contributed by atoms with Gasteiger partial charge in [0.1, 0.15) is 11.6 Å². The highest BCUT2D eigenvalue weighted by atomic mass is 35.5. The first-order valence-corrected chi connectivity index (χ1v) is 7.35. The predicted molar refractivity (Wildman–Crippen MR) is 90.9 cm³/mol. The number of hydrogen-bond acceptors (Lipinski definition) is 4. The van der Waals surface area contributed by atoms with Gasteiger partial charge in [0.15, 0.2) is 17.3 Å². The van der Waals surface area contributed by atoms with Gasteiger partial charge in [0.25, 0.3) is 0 Å². The monoisotopic (exact) mass is 350 g/mol. The molecular formula is C18H16ClFO4. The fourth-order valence-corrected chi connectivity index (χ4v) is 2.41. The van der Waals surface area contributed by atoms with Crippen molar-refractivity contribution < 1.29 is 23.4 Å². The molecule has 0 amide bonds. The summed E-state index contributed by atoms with van der Waals surface area (Å²) in [5, 5.41) is 0.347. The van der Waals surface area contributed by atoms with Gasteiger partial charge in [0, 0.05) is 6.07 Å². The molecule has 0 fully saturated rings. The van der Waals surface area contributed by atoms with Crippen molar-refractivity contribution in [1.29, 1.82) is 0 Å². The Morgan fingerprint density at radius 2 is 1.83 bits per heavy atom. The maximum absolute atomic E-state index is 13.9. The molecule has 0 aliphatic rings. The minimum atomic E-state index is -0.644. The van der Waals surface area contributed by atoms with Crippen LogP contribution in [0, 0.1) is 5.82 Å². The Morgan fingerprint density at radius 1 is 1.08 bits per heavy atom. The number of hydrogen-bond donors (Lipinski definition) is 0. The largest absolute Gasteiger partial charge is 0.497 e. The first kappa shape index (κ1) is 17.8. The van der Waals surface area contributed by atoms with Gasteiger partial charge >= 0.3 is 0 Å². The van der Waals surface area contributed by atoms with Gasteiger partial charge in [-0.1, -0.05) is 17.7 Å². The Hall–Kier alpha value is -2.53. The normalized spacial score (nSPS) is 10.7. The number of methoxy groups -OCH3 is 3. The van der Waals surface area contributed by atoms with Crippen LogP contribution in [0.2, 0.25) is 5.02 Å². The van der Waals surface area contributed by atoms with Crippen molar-refractivity contribution in [3.8, 4) is 17.2 Å². The van der Waals surface area contributed by atoms with E-state index in [1.54, 1.807) is 12.1 Å². The number of carbonyl (C=O) groups is 1. The van der Waals surface area contributed by atoms with Crippen LogP contribution >= 0.6 is 11.6 Å². The van der Waals surface area contributed by atoms with E-state index in [0.717, 1.165) is 6.07 Å². The molecule has 0 bridgehead atoms.